The first-order valence-electron chi connectivity index (χ1n) is 12.9. The molecule has 4 aromatic rings. The number of imidazole rings is 1. The van der Waals surface area contributed by atoms with Crippen molar-refractivity contribution in [1.29, 1.82) is 0 Å². The Labute approximate surface area is 223 Å². The molecule has 1 amide bonds. The molecule has 194 valence electrons. The van der Waals surface area contributed by atoms with Gasteiger partial charge >= 0.3 is 0 Å². The van der Waals surface area contributed by atoms with Gasteiger partial charge in [0.15, 0.2) is 0 Å². The summed E-state index contributed by atoms with van der Waals surface area (Å²) in [6, 6.07) is 23.0. The topological polar surface area (TPSA) is 65.4 Å². The number of carbonyl (C=O) groups excluding carboxylic acids is 1. The average Bonchev–Trinajstić information content (AvgIpc) is 3.28. The number of amides is 1. The van der Waals surface area contributed by atoms with Crippen LogP contribution in [0.15, 0.2) is 72.8 Å². The van der Waals surface area contributed by atoms with Gasteiger partial charge in [-0.05, 0) is 86.3 Å². The highest BCUT2D eigenvalue weighted by atomic mass is 35.5. The summed E-state index contributed by atoms with van der Waals surface area (Å²) < 4.78 is 13.3. The van der Waals surface area contributed by atoms with Crippen LogP contribution in [0.25, 0.3) is 11.0 Å². The van der Waals surface area contributed by atoms with E-state index in [0.29, 0.717) is 23.7 Å². The van der Waals surface area contributed by atoms with Crippen molar-refractivity contribution >= 4 is 28.5 Å². The summed E-state index contributed by atoms with van der Waals surface area (Å²) in [6.45, 7) is 2.25. The molecule has 6 nitrogen and oxygen atoms in total. The van der Waals surface area contributed by atoms with Crippen LogP contribution in [0.1, 0.15) is 48.3 Å². The zero-order valence-corrected chi connectivity index (χ0v) is 22.0. The number of benzene rings is 3. The number of methoxy groups -OCH3 is 1. The predicted octanol–water partition coefficient (Wildman–Crippen LogP) is 6.70. The summed E-state index contributed by atoms with van der Waals surface area (Å²) >= 11 is 5.94. The third-order valence-electron chi connectivity index (χ3n) is 6.31. The Morgan fingerprint density at radius 2 is 1.65 bits per heavy atom. The molecule has 1 aromatic heterocycles. The number of aryl methyl sites for hydroxylation is 2. The number of fused-ring (bicyclic) bond motifs is 1. The Hall–Kier alpha value is -3.51. The second-order valence-electron chi connectivity index (χ2n) is 8.97. The maximum Gasteiger partial charge on any atom is 0.251 e. The molecule has 0 aliphatic carbocycles. The summed E-state index contributed by atoms with van der Waals surface area (Å²) in [7, 11) is 1.61. The molecule has 7 heteroatoms. The minimum Gasteiger partial charge on any atom is -0.497 e. The van der Waals surface area contributed by atoms with E-state index < -0.39 is 0 Å². The van der Waals surface area contributed by atoms with Crippen LogP contribution in [0, 0.1) is 0 Å². The molecule has 0 bridgehead atoms. The quantitative estimate of drug-likeness (QED) is 0.188. The number of para-hydroxylation sites is 2. The van der Waals surface area contributed by atoms with E-state index in [9.17, 15) is 4.79 Å². The van der Waals surface area contributed by atoms with E-state index in [1.165, 1.54) is 5.52 Å². The van der Waals surface area contributed by atoms with Gasteiger partial charge in [-0.3, -0.25) is 4.79 Å². The molecule has 37 heavy (non-hydrogen) atoms. The van der Waals surface area contributed by atoms with Crippen molar-refractivity contribution in [2.24, 2.45) is 0 Å². The molecule has 0 atom stereocenters. The van der Waals surface area contributed by atoms with Crippen molar-refractivity contribution in [2.75, 3.05) is 20.3 Å². The second-order valence-corrected chi connectivity index (χ2v) is 9.41. The zero-order chi connectivity index (χ0) is 25.9. The smallest absolute Gasteiger partial charge is 0.251 e. The second kappa shape index (κ2) is 13.7. The molecule has 0 fully saturated rings. The third-order valence-corrected chi connectivity index (χ3v) is 6.56. The van der Waals surface area contributed by atoms with Crippen LogP contribution < -0.4 is 14.8 Å². The predicted molar refractivity (Wildman–Crippen MR) is 149 cm³/mol. The first-order valence-corrected chi connectivity index (χ1v) is 13.3. The molecule has 0 aliphatic heterocycles. The average molecular weight is 520 g/mol. The molecule has 0 saturated carbocycles. The molecular formula is C30H34ClN3O3. The van der Waals surface area contributed by atoms with Crippen LogP contribution in [0.3, 0.4) is 0 Å². The van der Waals surface area contributed by atoms with Crippen molar-refractivity contribution < 1.29 is 14.3 Å². The first-order chi connectivity index (χ1) is 18.1. The fraction of sp³-hybridized carbons (Fsp3) is 0.333. The standard InChI is InChI=1S/C30H34ClN3O3/c1-36-25-16-12-23(13-17-25)30(35)32-20-6-2-3-11-29-33-27-9-4-5-10-28(27)34(29)21-7-8-22-37-26-18-14-24(31)15-19-26/h4-5,9-10,12-19H,2-3,6-8,11,20-22H2,1H3,(H,32,35). The van der Waals surface area contributed by atoms with Crippen LogP contribution in [0.2, 0.25) is 5.02 Å². The number of carbonyl (C=O) groups is 1. The maximum atomic E-state index is 12.3. The van der Waals surface area contributed by atoms with Gasteiger partial charge in [0.25, 0.3) is 5.91 Å². The number of nitrogens with one attached hydrogen (secondary N) is 1. The fourth-order valence-corrected chi connectivity index (χ4v) is 4.42. The summed E-state index contributed by atoms with van der Waals surface area (Å²) in [6.07, 6.45) is 5.88. The van der Waals surface area contributed by atoms with Gasteiger partial charge in [-0.2, -0.15) is 0 Å². The van der Waals surface area contributed by atoms with Crippen LogP contribution in [0.5, 0.6) is 11.5 Å². The Morgan fingerprint density at radius 3 is 2.43 bits per heavy atom. The summed E-state index contributed by atoms with van der Waals surface area (Å²) in [5.74, 6) is 2.67. The fourth-order valence-electron chi connectivity index (χ4n) is 4.29. The van der Waals surface area contributed by atoms with Gasteiger partial charge < -0.3 is 19.4 Å². The van der Waals surface area contributed by atoms with E-state index in [1.807, 2.05) is 30.3 Å². The zero-order valence-electron chi connectivity index (χ0n) is 21.3. The molecule has 0 aliphatic rings. The highest BCUT2D eigenvalue weighted by molar-refractivity contribution is 6.30. The highest BCUT2D eigenvalue weighted by Crippen LogP contribution is 2.20. The van der Waals surface area contributed by atoms with Gasteiger partial charge in [-0.25, -0.2) is 4.98 Å². The molecule has 0 unspecified atom stereocenters. The summed E-state index contributed by atoms with van der Waals surface area (Å²) in [5, 5.41) is 3.72. The number of aromatic nitrogens is 2. The Morgan fingerprint density at radius 1 is 0.892 bits per heavy atom. The van der Waals surface area contributed by atoms with Gasteiger partial charge in [-0.1, -0.05) is 30.2 Å². The van der Waals surface area contributed by atoms with Crippen molar-refractivity contribution in [3.05, 3.63) is 89.2 Å². The molecular weight excluding hydrogens is 486 g/mol. The normalized spacial score (nSPS) is 11.0. The first kappa shape index (κ1) is 26.6. The molecule has 0 spiro atoms. The van der Waals surface area contributed by atoms with Crippen molar-refractivity contribution in [3.63, 3.8) is 0 Å². The van der Waals surface area contributed by atoms with Crippen molar-refractivity contribution in [1.82, 2.24) is 14.9 Å². The van der Waals surface area contributed by atoms with E-state index in [0.717, 1.165) is 67.9 Å². The van der Waals surface area contributed by atoms with Crippen molar-refractivity contribution in [2.45, 2.75) is 45.1 Å². The van der Waals surface area contributed by atoms with Gasteiger partial charge in [0.1, 0.15) is 17.3 Å². The van der Waals surface area contributed by atoms with Crippen LogP contribution >= 0.6 is 11.6 Å². The number of unbranched alkanes of at least 4 members (excludes halogenated alkanes) is 3. The molecule has 1 N–H and O–H groups in total. The van der Waals surface area contributed by atoms with E-state index in [-0.39, 0.29) is 5.91 Å². The van der Waals surface area contributed by atoms with Crippen LogP contribution in [0.4, 0.5) is 0 Å². The van der Waals surface area contributed by atoms with E-state index in [1.54, 1.807) is 31.4 Å². The van der Waals surface area contributed by atoms with Gasteiger partial charge in [-0.15, -0.1) is 0 Å². The highest BCUT2D eigenvalue weighted by Gasteiger charge is 2.10. The van der Waals surface area contributed by atoms with E-state index in [4.69, 9.17) is 26.1 Å². The third kappa shape index (κ3) is 7.73. The number of rotatable bonds is 14. The molecule has 4 rings (SSSR count). The van der Waals surface area contributed by atoms with Gasteiger partial charge in [0.05, 0.1) is 24.8 Å². The Kier molecular flexibility index (Phi) is 9.83. The Balaban J connectivity index is 1.20. The van der Waals surface area contributed by atoms with E-state index >= 15 is 0 Å². The van der Waals surface area contributed by atoms with Gasteiger partial charge in [0, 0.05) is 30.1 Å². The molecule has 3 aromatic carbocycles. The Bertz CT molecular complexity index is 1270. The lowest BCUT2D eigenvalue weighted by Crippen LogP contribution is -2.24. The number of nitrogens with zero attached hydrogens (tertiary/aromatic N) is 2. The number of hydrogen-bond donors (Lipinski definition) is 1. The maximum absolute atomic E-state index is 12.3. The van der Waals surface area contributed by atoms with Crippen LogP contribution in [-0.2, 0) is 13.0 Å². The molecule has 0 radical (unpaired) electrons. The number of ether oxygens (including phenoxy) is 2. The summed E-state index contributed by atoms with van der Waals surface area (Å²) in [4.78, 5) is 17.2. The number of hydrogen-bond acceptors (Lipinski definition) is 4. The molecule has 1 heterocycles. The lowest BCUT2D eigenvalue weighted by Gasteiger charge is -2.10. The largest absolute Gasteiger partial charge is 0.497 e. The minimum absolute atomic E-state index is 0.0514. The SMILES string of the molecule is COc1ccc(C(=O)NCCCCCc2nc3ccccc3n2CCCCOc2ccc(Cl)cc2)cc1. The minimum atomic E-state index is -0.0514. The lowest BCUT2D eigenvalue weighted by molar-refractivity contribution is 0.0953. The van der Waals surface area contributed by atoms with Gasteiger partial charge in [0.2, 0.25) is 0 Å². The summed E-state index contributed by atoms with van der Waals surface area (Å²) in [5.41, 5.74) is 2.87. The lowest BCUT2D eigenvalue weighted by atomic mass is 10.1. The monoisotopic (exact) mass is 519 g/mol. The van der Waals surface area contributed by atoms with Crippen LogP contribution in [-0.4, -0.2) is 35.7 Å². The number of halogens is 1. The van der Waals surface area contributed by atoms with E-state index in [2.05, 4.69) is 28.1 Å². The molecule has 0 saturated heterocycles. The van der Waals surface area contributed by atoms with Crippen molar-refractivity contribution in [3.8, 4) is 11.5 Å².